The van der Waals surface area contributed by atoms with Crippen LogP contribution in [0, 0.1) is 0 Å². The zero-order valence-electron chi connectivity index (χ0n) is 7.53. The summed E-state index contributed by atoms with van der Waals surface area (Å²) in [6, 6.07) is 0.0254. The fraction of sp³-hybridized carbons (Fsp3) is 0.625. The van der Waals surface area contributed by atoms with Crippen molar-refractivity contribution in [2.45, 2.75) is 19.4 Å². The first-order valence-electron chi connectivity index (χ1n) is 3.88. The number of nitrogens with zero attached hydrogens (tertiary/aromatic N) is 1. The minimum atomic E-state index is -0.314. The Kier molecular flexibility index (Phi) is 2.70. The molecule has 1 unspecified atom stereocenters. The minimum absolute atomic E-state index is 0.0254. The standard InChI is InChI=1S/C8H13NO3/c1-4-7-6(8(10)11-3)5-12-9(7)2/h5,7H,4H2,1-3H3. The fourth-order valence-corrected chi connectivity index (χ4v) is 1.27. The lowest BCUT2D eigenvalue weighted by Crippen LogP contribution is -2.29. The highest BCUT2D eigenvalue weighted by molar-refractivity contribution is 5.89. The number of hydrogen-bond donors (Lipinski definition) is 0. The average Bonchev–Trinajstić information content (AvgIpc) is 2.45. The summed E-state index contributed by atoms with van der Waals surface area (Å²) in [5.41, 5.74) is 0.586. The molecule has 68 valence electrons. The van der Waals surface area contributed by atoms with Crippen molar-refractivity contribution >= 4 is 5.97 Å². The molecular weight excluding hydrogens is 158 g/mol. The number of rotatable bonds is 2. The molecule has 1 rings (SSSR count). The van der Waals surface area contributed by atoms with E-state index in [-0.39, 0.29) is 12.0 Å². The maximum Gasteiger partial charge on any atom is 0.338 e. The highest BCUT2D eigenvalue weighted by Crippen LogP contribution is 2.21. The number of methoxy groups -OCH3 is 1. The average molecular weight is 171 g/mol. The maximum atomic E-state index is 11.1. The third-order valence-corrected chi connectivity index (χ3v) is 1.95. The van der Waals surface area contributed by atoms with Gasteiger partial charge in [-0.2, -0.15) is 0 Å². The third-order valence-electron chi connectivity index (χ3n) is 1.95. The molecular formula is C8H13NO3. The second-order valence-electron chi connectivity index (χ2n) is 2.64. The number of ether oxygens (including phenoxy) is 1. The molecule has 0 spiro atoms. The first-order chi connectivity index (χ1) is 5.70. The summed E-state index contributed by atoms with van der Waals surface area (Å²) >= 11 is 0. The molecule has 0 aromatic heterocycles. The van der Waals surface area contributed by atoms with Crippen LogP contribution in [0.2, 0.25) is 0 Å². The SMILES string of the molecule is CCC1C(C(=O)OC)=CON1C. The Labute approximate surface area is 71.7 Å². The van der Waals surface area contributed by atoms with Crippen molar-refractivity contribution in [1.29, 1.82) is 0 Å². The largest absolute Gasteiger partial charge is 0.466 e. The Morgan fingerprint density at radius 2 is 2.50 bits per heavy atom. The van der Waals surface area contributed by atoms with Gasteiger partial charge in [-0.15, -0.1) is 5.06 Å². The van der Waals surface area contributed by atoms with Gasteiger partial charge in [-0.05, 0) is 6.42 Å². The van der Waals surface area contributed by atoms with Gasteiger partial charge >= 0.3 is 5.97 Å². The van der Waals surface area contributed by atoms with Gasteiger partial charge in [0.25, 0.3) is 0 Å². The number of hydroxylamine groups is 2. The third kappa shape index (κ3) is 1.43. The second kappa shape index (κ2) is 3.58. The van der Waals surface area contributed by atoms with Crippen molar-refractivity contribution in [3.05, 3.63) is 11.8 Å². The lowest BCUT2D eigenvalue weighted by atomic mass is 10.1. The van der Waals surface area contributed by atoms with E-state index in [9.17, 15) is 4.79 Å². The highest BCUT2D eigenvalue weighted by Gasteiger charge is 2.30. The van der Waals surface area contributed by atoms with E-state index >= 15 is 0 Å². The number of carbonyl (C=O) groups excluding carboxylic acids is 1. The van der Waals surface area contributed by atoms with Crippen LogP contribution in [0.4, 0.5) is 0 Å². The zero-order chi connectivity index (χ0) is 9.14. The molecule has 4 heteroatoms. The molecule has 0 aliphatic carbocycles. The molecule has 1 aliphatic rings. The molecule has 0 aromatic carbocycles. The predicted molar refractivity (Wildman–Crippen MR) is 43.0 cm³/mol. The van der Waals surface area contributed by atoms with Gasteiger partial charge in [0, 0.05) is 7.05 Å². The van der Waals surface area contributed by atoms with E-state index in [4.69, 9.17) is 4.84 Å². The Bertz CT molecular complexity index is 212. The smallest absolute Gasteiger partial charge is 0.338 e. The molecule has 0 amide bonds. The first-order valence-corrected chi connectivity index (χ1v) is 3.88. The molecule has 0 N–H and O–H groups in total. The van der Waals surface area contributed by atoms with Crippen LogP contribution >= 0.6 is 0 Å². The summed E-state index contributed by atoms with van der Waals surface area (Å²) < 4.78 is 4.60. The van der Waals surface area contributed by atoms with Gasteiger partial charge < -0.3 is 9.57 Å². The van der Waals surface area contributed by atoms with Gasteiger partial charge in [0.05, 0.1) is 18.7 Å². The van der Waals surface area contributed by atoms with Gasteiger partial charge in [-0.1, -0.05) is 6.92 Å². The van der Waals surface area contributed by atoms with Gasteiger partial charge in [0.1, 0.15) is 6.26 Å². The van der Waals surface area contributed by atoms with Crippen LogP contribution in [0.3, 0.4) is 0 Å². The lowest BCUT2D eigenvalue weighted by Gasteiger charge is -2.17. The summed E-state index contributed by atoms with van der Waals surface area (Å²) in [5, 5.41) is 1.65. The molecule has 0 saturated carbocycles. The Hall–Kier alpha value is -1.03. The van der Waals surface area contributed by atoms with Crippen molar-refractivity contribution in [3.63, 3.8) is 0 Å². The highest BCUT2D eigenvalue weighted by atomic mass is 16.7. The second-order valence-corrected chi connectivity index (χ2v) is 2.64. The monoisotopic (exact) mass is 171 g/mol. The van der Waals surface area contributed by atoms with E-state index in [1.165, 1.54) is 13.4 Å². The Balaban J connectivity index is 2.71. The van der Waals surface area contributed by atoms with Crippen molar-refractivity contribution in [2.75, 3.05) is 14.2 Å². The number of likely N-dealkylation sites (N-methyl/N-ethyl adjacent to an activating group) is 1. The normalized spacial score (nSPS) is 23.2. The quantitative estimate of drug-likeness (QED) is 0.573. The summed E-state index contributed by atoms with van der Waals surface area (Å²) in [4.78, 5) is 16.2. The summed E-state index contributed by atoms with van der Waals surface area (Å²) in [5.74, 6) is -0.314. The zero-order valence-corrected chi connectivity index (χ0v) is 7.53. The van der Waals surface area contributed by atoms with Crippen LogP contribution in [0.15, 0.2) is 11.8 Å². The molecule has 1 atom stereocenters. The van der Waals surface area contributed by atoms with Crippen molar-refractivity contribution < 1.29 is 14.4 Å². The Morgan fingerprint density at radius 1 is 1.83 bits per heavy atom. The van der Waals surface area contributed by atoms with E-state index in [0.29, 0.717) is 5.57 Å². The molecule has 12 heavy (non-hydrogen) atoms. The van der Waals surface area contributed by atoms with Crippen LogP contribution in [0.5, 0.6) is 0 Å². The van der Waals surface area contributed by atoms with Crippen molar-refractivity contribution in [1.82, 2.24) is 5.06 Å². The number of esters is 1. The molecule has 4 nitrogen and oxygen atoms in total. The molecule has 0 bridgehead atoms. The predicted octanol–water partition coefficient (Wildman–Crippen LogP) is 0.699. The van der Waals surface area contributed by atoms with Crippen molar-refractivity contribution in [2.24, 2.45) is 0 Å². The fourth-order valence-electron chi connectivity index (χ4n) is 1.27. The van der Waals surface area contributed by atoms with Crippen LogP contribution < -0.4 is 0 Å². The van der Waals surface area contributed by atoms with E-state index < -0.39 is 0 Å². The summed E-state index contributed by atoms with van der Waals surface area (Å²) in [7, 11) is 3.16. The van der Waals surface area contributed by atoms with E-state index in [1.54, 1.807) is 12.1 Å². The van der Waals surface area contributed by atoms with Crippen LogP contribution in [-0.4, -0.2) is 31.2 Å². The van der Waals surface area contributed by atoms with Crippen LogP contribution in [0.1, 0.15) is 13.3 Å². The van der Waals surface area contributed by atoms with Gasteiger partial charge in [-0.25, -0.2) is 4.79 Å². The topological polar surface area (TPSA) is 38.8 Å². The van der Waals surface area contributed by atoms with Crippen molar-refractivity contribution in [3.8, 4) is 0 Å². The summed E-state index contributed by atoms with van der Waals surface area (Å²) in [6.45, 7) is 1.99. The van der Waals surface area contributed by atoms with Gasteiger partial charge in [-0.3, -0.25) is 0 Å². The molecule has 1 aliphatic heterocycles. The molecule has 1 heterocycles. The van der Waals surface area contributed by atoms with Crippen LogP contribution in [0.25, 0.3) is 0 Å². The summed E-state index contributed by atoms with van der Waals surface area (Å²) in [6.07, 6.45) is 2.28. The first kappa shape index (κ1) is 9.06. The Morgan fingerprint density at radius 3 is 3.00 bits per heavy atom. The van der Waals surface area contributed by atoms with E-state index in [0.717, 1.165) is 6.42 Å². The molecule has 0 saturated heterocycles. The van der Waals surface area contributed by atoms with E-state index in [2.05, 4.69) is 4.74 Å². The molecule has 0 radical (unpaired) electrons. The molecule has 0 fully saturated rings. The number of carbonyl (C=O) groups is 1. The lowest BCUT2D eigenvalue weighted by molar-refractivity contribution is -0.137. The van der Waals surface area contributed by atoms with Crippen LogP contribution in [-0.2, 0) is 14.4 Å². The number of hydrogen-bond acceptors (Lipinski definition) is 4. The maximum absolute atomic E-state index is 11.1. The molecule has 0 aromatic rings. The van der Waals surface area contributed by atoms with Gasteiger partial charge in [0.15, 0.2) is 0 Å². The van der Waals surface area contributed by atoms with Gasteiger partial charge in [0.2, 0.25) is 0 Å². The van der Waals surface area contributed by atoms with E-state index in [1.807, 2.05) is 6.92 Å². The minimum Gasteiger partial charge on any atom is -0.466 e.